The fraction of sp³-hybridized carbons (Fsp3) is 0.417. The van der Waals surface area contributed by atoms with Gasteiger partial charge in [0, 0.05) is 11.3 Å². The van der Waals surface area contributed by atoms with E-state index in [1.807, 2.05) is 26.0 Å². The van der Waals surface area contributed by atoms with Gasteiger partial charge in [0.25, 0.3) is 0 Å². The molecule has 3 heteroatoms. The van der Waals surface area contributed by atoms with Gasteiger partial charge in [-0.05, 0) is 31.9 Å². The second-order valence-corrected chi connectivity index (χ2v) is 3.92. The molecule has 0 amide bonds. The third-order valence-corrected chi connectivity index (χ3v) is 2.58. The van der Waals surface area contributed by atoms with Crippen molar-refractivity contribution in [3.63, 3.8) is 0 Å². The van der Waals surface area contributed by atoms with Crippen molar-refractivity contribution >= 4 is 18.6 Å². The van der Waals surface area contributed by atoms with Gasteiger partial charge in [-0.25, -0.2) is 0 Å². The second kappa shape index (κ2) is 5.81. The Labute approximate surface area is 96.1 Å². The molecule has 0 saturated carbocycles. The molecule has 0 spiro atoms. The summed E-state index contributed by atoms with van der Waals surface area (Å²) in [4.78, 5) is 12.1. The first-order valence-corrected chi connectivity index (χ1v) is 5.52. The van der Waals surface area contributed by atoms with Gasteiger partial charge < -0.3 is 4.74 Å². The molecule has 82 valence electrons. The highest BCUT2D eigenvalue weighted by atomic mass is 32.1. The maximum absolute atomic E-state index is 11.2. The average Bonchev–Trinajstić information content (AvgIpc) is 2.20. The molecular weight excluding hydrogens is 208 g/mol. The predicted octanol–water partition coefficient (Wildman–Crippen LogP) is 2.78. The molecule has 0 N–H and O–H groups in total. The lowest BCUT2D eigenvalue weighted by molar-refractivity contribution is -0.143. The smallest absolute Gasteiger partial charge is 0.306 e. The minimum Gasteiger partial charge on any atom is -0.466 e. The van der Waals surface area contributed by atoms with Crippen molar-refractivity contribution < 1.29 is 9.53 Å². The Morgan fingerprint density at radius 1 is 1.47 bits per heavy atom. The second-order valence-electron chi connectivity index (χ2n) is 3.44. The molecule has 0 aliphatic heterocycles. The standard InChI is InChI=1S/C12H16O2S/c1-3-14-12(13)7-5-10-8-9(2)4-6-11(10)15/h4,6,8,15H,3,5,7H2,1-2H3. The van der Waals surface area contributed by atoms with Crippen LogP contribution in [0.3, 0.4) is 0 Å². The molecule has 0 heterocycles. The lowest BCUT2D eigenvalue weighted by Crippen LogP contribution is -2.05. The van der Waals surface area contributed by atoms with Crippen molar-refractivity contribution in [2.45, 2.75) is 31.6 Å². The Bertz CT molecular complexity index is 347. The highest BCUT2D eigenvalue weighted by Crippen LogP contribution is 2.17. The van der Waals surface area contributed by atoms with E-state index in [1.54, 1.807) is 0 Å². The zero-order valence-electron chi connectivity index (χ0n) is 9.12. The fourth-order valence-corrected chi connectivity index (χ4v) is 1.64. The summed E-state index contributed by atoms with van der Waals surface area (Å²) >= 11 is 4.35. The molecule has 0 saturated heterocycles. The summed E-state index contributed by atoms with van der Waals surface area (Å²) in [5.74, 6) is -0.147. The van der Waals surface area contributed by atoms with Gasteiger partial charge >= 0.3 is 5.97 Å². The van der Waals surface area contributed by atoms with Crippen molar-refractivity contribution in [1.29, 1.82) is 0 Å². The zero-order valence-corrected chi connectivity index (χ0v) is 10.0. The predicted molar refractivity (Wildman–Crippen MR) is 63.4 cm³/mol. The summed E-state index contributed by atoms with van der Waals surface area (Å²) in [5, 5.41) is 0. The molecule has 0 fully saturated rings. The number of hydrogen-bond donors (Lipinski definition) is 1. The lowest BCUT2D eigenvalue weighted by atomic mass is 10.1. The van der Waals surface area contributed by atoms with Gasteiger partial charge in [0.05, 0.1) is 6.61 Å². The molecule has 1 rings (SSSR count). The first kappa shape index (κ1) is 12.1. The van der Waals surface area contributed by atoms with E-state index in [-0.39, 0.29) is 5.97 Å². The van der Waals surface area contributed by atoms with Crippen molar-refractivity contribution in [2.75, 3.05) is 6.61 Å². The number of carbonyl (C=O) groups is 1. The van der Waals surface area contributed by atoms with Crippen LogP contribution in [0.25, 0.3) is 0 Å². The van der Waals surface area contributed by atoms with E-state index in [0.29, 0.717) is 19.4 Å². The van der Waals surface area contributed by atoms with Crippen LogP contribution in [0.1, 0.15) is 24.5 Å². The molecule has 2 nitrogen and oxygen atoms in total. The molecule has 1 aromatic rings. The minimum atomic E-state index is -0.147. The summed E-state index contributed by atoms with van der Waals surface area (Å²) in [6.07, 6.45) is 1.12. The summed E-state index contributed by atoms with van der Waals surface area (Å²) in [6, 6.07) is 6.02. The molecule has 15 heavy (non-hydrogen) atoms. The number of esters is 1. The van der Waals surface area contributed by atoms with E-state index in [1.165, 1.54) is 5.56 Å². The van der Waals surface area contributed by atoms with Crippen LogP contribution in [0.4, 0.5) is 0 Å². The highest BCUT2D eigenvalue weighted by molar-refractivity contribution is 7.80. The molecule has 1 aromatic carbocycles. The SMILES string of the molecule is CCOC(=O)CCc1cc(C)ccc1S. The number of benzene rings is 1. The number of aryl methyl sites for hydroxylation is 2. The third-order valence-electron chi connectivity index (χ3n) is 2.14. The van der Waals surface area contributed by atoms with E-state index in [9.17, 15) is 4.79 Å². The number of ether oxygens (including phenoxy) is 1. The van der Waals surface area contributed by atoms with Crippen molar-refractivity contribution in [1.82, 2.24) is 0 Å². The van der Waals surface area contributed by atoms with Gasteiger partial charge in [0.1, 0.15) is 0 Å². The number of thiol groups is 1. The number of carbonyl (C=O) groups excluding carboxylic acids is 1. The van der Waals surface area contributed by atoms with Gasteiger partial charge in [-0.3, -0.25) is 4.79 Å². The largest absolute Gasteiger partial charge is 0.466 e. The normalized spacial score (nSPS) is 10.1. The van der Waals surface area contributed by atoms with E-state index in [4.69, 9.17) is 4.74 Å². The van der Waals surface area contributed by atoms with Gasteiger partial charge in [0.15, 0.2) is 0 Å². The quantitative estimate of drug-likeness (QED) is 0.628. The molecule has 0 aromatic heterocycles. The molecule has 0 aliphatic carbocycles. The van der Waals surface area contributed by atoms with Crippen LogP contribution in [0.5, 0.6) is 0 Å². The lowest BCUT2D eigenvalue weighted by Gasteiger charge is -2.06. The summed E-state index contributed by atoms with van der Waals surface area (Å²) in [6.45, 7) is 4.29. The molecular formula is C12H16O2S. The molecule has 0 unspecified atom stereocenters. The van der Waals surface area contributed by atoms with Gasteiger partial charge in [-0.2, -0.15) is 0 Å². The van der Waals surface area contributed by atoms with Gasteiger partial charge in [0.2, 0.25) is 0 Å². The van der Waals surface area contributed by atoms with Crippen molar-refractivity contribution in [3.8, 4) is 0 Å². The van der Waals surface area contributed by atoms with Gasteiger partial charge in [-0.1, -0.05) is 17.7 Å². The zero-order chi connectivity index (χ0) is 11.3. The Hall–Kier alpha value is -0.960. The fourth-order valence-electron chi connectivity index (χ4n) is 1.38. The summed E-state index contributed by atoms with van der Waals surface area (Å²) < 4.78 is 4.87. The number of hydrogen-bond acceptors (Lipinski definition) is 3. The van der Waals surface area contributed by atoms with Crippen LogP contribution in [0.2, 0.25) is 0 Å². The van der Waals surface area contributed by atoms with E-state index in [2.05, 4.69) is 18.7 Å². The van der Waals surface area contributed by atoms with Crippen molar-refractivity contribution in [3.05, 3.63) is 29.3 Å². The third kappa shape index (κ3) is 3.96. The van der Waals surface area contributed by atoms with Gasteiger partial charge in [-0.15, -0.1) is 12.6 Å². The number of rotatable bonds is 4. The highest BCUT2D eigenvalue weighted by Gasteiger charge is 2.05. The first-order chi connectivity index (χ1) is 7.13. The molecule has 0 radical (unpaired) electrons. The van der Waals surface area contributed by atoms with Crippen molar-refractivity contribution in [2.24, 2.45) is 0 Å². The first-order valence-electron chi connectivity index (χ1n) is 5.07. The summed E-state index contributed by atoms with van der Waals surface area (Å²) in [7, 11) is 0. The van der Waals surface area contributed by atoms with Crippen LogP contribution in [0.15, 0.2) is 23.1 Å². The van der Waals surface area contributed by atoms with Crippen LogP contribution in [0, 0.1) is 6.92 Å². The Kier molecular flexibility index (Phi) is 4.69. The Morgan fingerprint density at radius 2 is 2.20 bits per heavy atom. The van der Waals surface area contributed by atoms with Crippen LogP contribution in [-0.4, -0.2) is 12.6 Å². The van der Waals surface area contributed by atoms with E-state index < -0.39 is 0 Å². The Balaban J connectivity index is 2.57. The average molecular weight is 224 g/mol. The molecule has 0 bridgehead atoms. The van der Waals surface area contributed by atoms with E-state index in [0.717, 1.165) is 10.5 Å². The van der Waals surface area contributed by atoms with Crippen LogP contribution < -0.4 is 0 Å². The van der Waals surface area contributed by atoms with Crippen LogP contribution >= 0.6 is 12.6 Å². The monoisotopic (exact) mass is 224 g/mol. The maximum Gasteiger partial charge on any atom is 0.306 e. The topological polar surface area (TPSA) is 26.3 Å². The minimum absolute atomic E-state index is 0.147. The summed E-state index contributed by atoms with van der Waals surface area (Å²) in [5.41, 5.74) is 2.29. The van der Waals surface area contributed by atoms with Crippen LogP contribution in [-0.2, 0) is 16.0 Å². The maximum atomic E-state index is 11.2. The molecule has 0 aliphatic rings. The molecule has 0 atom stereocenters. The van der Waals surface area contributed by atoms with E-state index >= 15 is 0 Å². The Morgan fingerprint density at radius 3 is 2.87 bits per heavy atom.